The number of hydrogen-bond acceptors (Lipinski definition) is 3. The lowest BCUT2D eigenvalue weighted by atomic mass is 10.2. The van der Waals surface area contributed by atoms with E-state index in [0.717, 1.165) is 11.5 Å². The van der Waals surface area contributed by atoms with Gasteiger partial charge in [0.2, 0.25) is 0 Å². The summed E-state index contributed by atoms with van der Waals surface area (Å²) in [5.74, 6) is -0.462. The normalized spacial score (nSPS) is 11.5. The molecule has 0 aliphatic carbocycles. The number of para-hydroxylation sites is 1. The maximum Gasteiger partial charge on any atom is 0.264 e. The molecule has 0 unspecified atom stereocenters. The van der Waals surface area contributed by atoms with E-state index in [4.69, 9.17) is 0 Å². The van der Waals surface area contributed by atoms with E-state index < -0.39 is 15.8 Å². The Morgan fingerprint density at radius 1 is 1.09 bits per heavy atom. The van der Waals surface area contributed by atoms with Gasteiger partial charge < -0.3 is 0 Å². The molecule has 1 aromatic heterocycles. The molecular weight excluding hydrogens is 303 g/mol. The zero-order valence-corrected chi connectivity index (χ0v) is 12.6. The van der Waals surface area contributed by atoms with Crippen molar-refractivity contribution in [2.75, 3.05) is 4.72 Å². The number of fused-ring (bicyclic) bond motifs is 1. The molecule has 0 spiro atoms. The Labute approximate surface area is 127 Å². The molecule has 6 heteroatoms. The maximum absolute atomic E-state index is 13.6. The second-order valence-electron chi connectivity index (χ2n) is 4.90. The SMILES string of the molecule is Cc1ccc(NS(=O)(=O)c2cccc3cccnc23)cc1F. The summed E-state index contributed by atoms with van der Waals surface area (Å²) >= 11 is 0. The first-order valence-electron chi connectivity index (χ1n) is 6.60. The number of nitrogens with zero attached hydrogens (tertiary/aromatic N) is 1. The smallest absolute Gasteiger partial charge is 0.264 e. The highest BCUT2D eigenvalue weighted by molar-refractivity contribution is 7.93. The second-order valence-corrected chi connectivity index (χ2v) is 6.55. The fourth-order valence-corrected chi connectivity index (χ4v) is 3.39. The van der Waals surface area contributed by atoms with E-state index in [2.05, 4.69) is 9.71 Å². The maximum atomic E-state index is 13.6. The van der Waals surface area contributed by atoms with Crippen molar-refractivity contribution in [2.24, 2.45) is 0 Å². The molecule has 0 amide bonds. The van der Waals surface area contributed by atoms with Crippen LogP contribution in [0.1, 0.15) is 5.56 Å². The molecule has 0 bridgehead atoms. The minimum Gasteiger partial charge on any atom is -0.279 e. The Kier molecular flexibility index (Phi) is 3.54. The summed E-state index contributed by atoms with van der Waals surface area (Å²) in [6, 6.07) is 12.6. The Bertz CT molecular complexity index is 950. The van der Waals surface area contributed by atoms with Gasteiger partial charge in [-0.1, -0.05) is 24.3 Å². The van der Waals surface area contributed by atoms with Gasteiger partial charge in [0, 0.05) is 11.6 Å². The summed E-state index contributed by atoms with van der Waals surface area (Å²) in [4.78, 5) is 4.19. The van der Waals surface area contributed by atoms with Crippen molar-refractivity contribution in [3.05, 3.63) is 66.1 Å². The standard InChI is InChI=1S/C16H13FN2O2S/c1-11-7-8-13(10-14(11)17)19-22(20,21)15-6-2-4-12-5-3-9-18-16(12)15/h2-10,19H,1H3. The summed E-state index contributed by atoms with van der Waals surface area (Å²) in [5, 5.41) is 0.723. The predicted molar refractivity (Wildman–Crippen MR) is 83.7 cm³/mol. The molecule has 2 aromatic carbocycles. The number of aryl methyl sites for hydroxylation is 1. The summed E-state index contributed by atoms with van der Waals surface area (Å²) in [7, 11) is -3.85. The van der Waals surface area contributed by atoms with Gasteiger partial charge in [-0.2, -0.15) is 0 Å². The van der Waals surface area contributed by atoms with Gasteiger partial charge in [0.25, 0.3) is 10.0 Å². The average molecular weight is 316 g/mol. The van der Waals surface area contributed by atoms with Gasteiger partial charge in [-0.25, -0.2) is 12.8 Å². The fraction of sp³-hybridized carbons (Fsp3) is 0.0625. The Hall–Kier alpha value is -2.47. The molecule has 0 saturated heterocycles. The molecule has 1 N–H and O–H groups in total. The van der Waals surface area contributed by atoms with Crippen LogP contribution < -0.4 is 4.72 Å². The van der Waals surface area contributed by atoms with Crippen molar-refractivity contribution in [3.8, 4) is 0 Å². The molecular formula is C16H13FN2O2S. The predicted octanol–water partition coefficient (Wildman–Crippen LogP) is 3.48. The largest absolute Gasteiger partial charge is 0.279 e. The molecule has 0 radical (unpaired) electrons. The van der Waals surface area contributed by atoms with Crippen LogP contribution in [0.25, 0.3) is 10.9 Å². The first-order valence-corrected chi connectivity index (χ1v) is 8.08. The van der Waals surface area contributed by atoms with E-state index in [1.54, 1.807) is 31.2 Å². The van der Waals surface area contributed by atoms with Gasteiger partial charge in [-0.3, -0.25) is 9.71 Å². The molecule has 0 atom stereocenters. The number of anilines is 1. The van der Waals surface area contributed by atoms with E-state index in [1.807, 2.05) is 0 Å². The lowest BCUT2D eigenvalue weighted by Crippen LogP contribution is -2.14. The number of nitrogens with one attached hydrogen (secondary N) is 1. The van der Waals surface area contributed by atoms with Gasteiger partial charge in [0.05, 0.1) is 11.2 Å². The Morgan fingerprint density at radius 2 is 1.86 bits per heavy atom. The van der Waals surface area contributed by atoms with Crippen LogP contribution in [0.4, 0.5) is 10.1 Å². The average Bonchev–Trinajstić information content (AvgIpc) is 2.50. The second kappa shape index (κ2) is 5.38. The molecule has 0 saturated carbocycles. The van der Waals surface area contributed by atoms with E-state index >= 15 is 0 Å². The summed E-state index contributed by atoms with van der Waals surface area (Å²) in [5.41, 5.74) is 1.01. The molecule has 0 fully saturated rings. The van der Waals surface area contributed by atoms with Crippen LogP contribution in [0.2, 0.25) is 0 Å². The minimum atomic E-state index is -3.85. The number of rotatable bonds is 3. The van der Waals surface area contributed by atoms with Crippen LogP contribution in [-0.4, -0.2) is 13.4 Å². The van der Waals surface area contributed by atoms with E-state index in [1.165, 1.54) is 24.4 Å². The number of benzene rings is 2. The van der Waals surface area contributed by atoms with Crippen LogP contribution in [0, 0.1) is 12.7 Å². The zero-order chi connectivity index (χ0) is 15.7. The summed E-state index contributed by atoms with van der Waals surface area (Å²) in [6.45, 7) is 1.61. The molecule has 3 rings (SSSR count). The van der Waals surface area contributed by atoms with Gasteiger partial charge in [-0.15, -0.1) is 0 Å². The third kappa shape index (κ3) is 2.65. The number of hydrogen-bond donors (Lipinski definition) is 1. The third-order valence-electron chi connectivity index (χ3n) is 3.31. The van der Waals surface area contributed by atoms with Crippen LogP contribution >= 0.6 is 0 Å². The fourth-order valence-electron chi connectivity index (χ4n) is 2.16. The Balaban J connectivity index is 2.07. The van der Waals surface area contributed by atoms with Crippen molar-refractivity contribution in [3.63, 3.8) is 0 Å². The highest BCUT2D eigenvalue weighted by atomic mass is 32.2. The third-order valence-corrected chi connectivity index (χ3v) is 4.72. The molecule has 3 aromatic rings. The molecule has 0 aliphatic rings. The number of halogens is 1. The van der Waals surface area contributed by atoms with Gasteiger partial charge in [-0.05, 0) is 36.8 Å². The van der Waals surface area contributed by atoms with Crippen molar-refractivity contribution < 1.29 is 12.8 Å². The van der Waals surface area contributed by atoms with Gasteiger partial charge in [0.15, 0.2) is 0 Å². The van der Waals surface area contributed by atoms with Crippen molar-refractivity contribution in [1.82, 2.24) is 4.98 Å². The van der Waals surface area contributed by atoms with Crippen LogP contribution in [0.3, 0.4) is 0 Å². The van der Waals surface area contributed by atoms with Crippen molar-refractivity contribution in [2.45, 2.75) is 11.8 Å². The van der Waals surface area contributed by atoms with Crippen LogP contribution in [0.5, 0.6) is 0 Å². The highest BCUT2D eigenvalue weighted by Crippen LogP contribution is 2.23. The number of sulfonamides is 1. The van der Waals surface area contributed by atoms with Crippen molar-refractivity contribution in [1.29, 1.82) is 0 Å². The highest BCUT2D eigenvalue weighted by Gasteiger charge is 2.18. The van der Waals surface area contributed by atoms with E-state index in [0.29, 0.717) is 11.1 Å². The number of aromatic nitrogens is 1. The summed E-state index contributed by atoms with van der Waals surface area (Å²) < 4.78 is 41.0. The zero-order valence-electron chi connectivity index (χ0n) is 11.7. The first-order chi connectivity index (χ1) is 10.5. The lowest BCUT2D eigenvalue weighted by molar-refractivity contribution is 0.601. The monoisotopic (exact) mass is 316 g/mol. The van der Waals surface area contributed by atoms with Crippen LogP contribution in [0.15, 0.2) is 59.6 Å². The van der Waals surface area contributed by atoms with Gasteiger partial charge in [0.1, 0.15) is 10.7 Å². The minimum absolute atomic E-state index is 0.0617. The van der Waals surface area contributed by atoms with E-state index in [9.17, 15) is 12.8 Å². The van der Waals surface area contributed by atoms with E-state index in [-0.39, 0.29) is 10.6 Å². The topological polar surface area (TPSA) is 59.1 Å². The molecule has 0 aliphatic heterocycles. The lowest BCUT2D eigenvalue weighted by Gasteiger charge is -2.10. The van der Waals surface area contributed by atoms with Crippen LogP contribution in [-0.2, 0) is 10.0 Å². The molecule has 22 heavy (non-hydrogen) atoms. The molecule has 4 nitrogen and oxygen atoms in total. The van der Waals surface area contributed by atoms with Gasteiger partial charge >= 0.3 is 0 Å². The quantitative estimate of drug-likeness (QED) is 0.805. The molecule has 112 valence electrons. The number of pyridine rings is 1. The first kappa shape index (κ1) is 14.5. The Morgan fingerprint density at radius 3 is 2.64 bits per heavy atom. The summed E-state index contributed by atoms with van der Waals surface area (Å²) in [6.07, 6.45) is 1.53. The van der Waals surface area contributed by atoms with Crippen molar-refractivity contribution >= 4 is 26.6 Å². The molecule has 1 heterocycles.